The van der Waals surface area contributed by atoms with Gasteiger partial charge < -0.3 is 15.1 Å². The Morgan fingerprint density at radius 2 is 2.11 bits per heavy atom. The molecule has 2 aromatic rings. The maximum atomic E-state index is 15.2. The largest absolute Gasteiger partial charge is 0.391 e. The maximum absolute atomic E-state index is 15.2. The summed E-state index contributed by atoms with van der Waals surface area (Å²) >= 11 is 0. The first kappa shape index (κ1) is 27.6. The topological polar surface area (TPSA) is 40.0 Å². The third-order valence-electron chi connectivity index (χ3n) is 7.63. The van der Waals surface area contributed by atoms with Crippen molar-refractivity contribution in [2.45, 2.75) is 46.9 Å². The molecule has 0 spiro atoms. The van der Waals surface area contributed by atoms with Gasteiger partial charge in [0, 0.05) is 47.9 Å². The molecule has 2 heterocycles. The lowest BCUT2D eigenvalue weighted by molar-refractivity contribution is 0.337. The molecule has 1 unspecified atom stereocenters. The highest BCUT2D eigenvalue weighted by Crippen LogP contribution is 2.37. The number of anilines is 1. The quantitative estimate of drug-likeness (QED) is 0.198. The lowest BCUT2D eigenvalue weighted by Gasteiger charge is -2.27. The zero-order chi connectivity index (χ0) is 27.4. The van der Waals surface area contributed by atoms with Crippen LogP contribution in [-0.2, 0) is 6.42 Å². The fourth-order valence-electron chi connectivity index (χ4n) is 5.56. The normalized spacial score (nSPS) is 18.9. The average molecular weight is 514 g/mol. The number of rotatable bonds is 10. The van der Waals surface area contributed by atoms with Gasteiger partial charge in [-0.2, -0.15) is 0 Å². The second-order valence-electron chi connectivity index (χ2n) is 10.6. The Balaban J connectivity index is 1.68. The number of aryl methyl sites for hydroxylation is 1. The summed E-state index contributed by atoms with van der Waals surface area (Å²) in [5, 5.41) is 4.48. The zero-order valence-corrected chi connectivity index (χ0v) is 23.0. The summed E-state index contributed by atoms with van der Waals surface area (Å²) < 4.78 is 29.8. The molecule has 2 aliphatic heterocycles. The number of nitrogens with one attached hydrogen (secondary N) is 1. The van der Waals surface area contributed by atoms with E-state index in [1.807, 2.05) is 25.8 Å². The third kappa shape index (κ3) is 5.67. The number of hydrogen-bond donors (Lipinski definition) is 1. The van der Waals surface area contributed by atoms with Gasteiger partial charge >= 0.3 is 6.85 Å². The van der Waals surface area contributed by atoms with Gasteiger partial charge in [-0.05, 0) is 67.1 Å². The molecule has 1 saturated heterocycles. The fraction of sp³-hybridized carbons (Fsp3) is 0.355. The maximum Gasteiger partial charge on any atom is 0.302 e. The summed E-state index contributed by atoms with van der Waals surface area (Å²) in [5.74, 6) is 1.41. The number of benzene rings is 2. The van der Waals surface area contributed by atoms with Crippen LogP contribution in [0.2, 0.25) is 6.82 Å². The Morgan fingerprint density at radius 3 is 2.84 bits per heavy atom. The molecule has 7 heteroatoms. The Labute approximate surface area is 225 Å². The monoisotopic (exact) mass is 514 g/mol. The van der Waals surface area contributed by atoms with Crippen LogP contribution in [-0.4, -0.2) is 32.2 Å². The van der Waals surface area contributed by atoms with Crippen LogP contribution < -0.4 is 20.8 Å². The lowest BCUT2D eigenvalue weighted by atomic mass is 9.67. The molecular weight excluding hydrogens is 477 g/mol. The molecule has 2 aliphatic rings. The molecule has 0 saturated carbocycles. The lowest BCUT2D eigenvalue weighted by Crippen LogP contribution is -2.37. The van der Waals surface area contributed by atoms with Gasteiger partial charge in [0.2, 0.25) is 0 Å². The molecule has 0 radical (unpaired) electrons. The van der Waals surface area contributed by atoms with E-state index in [0.717, 1.165) is 54.5 Å². The molecule has 0 aliphatic carbocycles. The number of halogens is 2. The van der Waals surface area contributed by atoms with Crippen molar-refractivity contribution in [3.05, 3.63) is 94.8 Å². The molecule has 0 aromatic heterocycles. The van der Waals surface area contributed by atoms with Crippen molar-refractivity contribution in [3.8, 4) is 0 Å². The van der Waals surface area contributed by atoms with Crippen molar-refractivity contribution in [2.75, 3.05) is 24.5 Å². The molecule has 1 N–H and O–H groups in total. The number of nitrogens with zero attached hydrogens (tertiary/aromatic N) is 3. The van der Waals surface area contributed by atoms with Crippen molar-refractivity contribution < 1.29 is 8.78 Å². The third-order valence-corrected chi connectivity index (χ3v) is 7.63. The van der Waals surface area contributed by atoms with Crippen LogP contribution in [0.15, 0.2) is 65.8 Å². The summed E-state index contributed by atoms with van der Waals surface area (Å²) in [7, 11) is 0. The van der Waals surface area contributed by atoms with E-state index in [1.54, 1.807) is 37.5 Å². The Hall–Kier alpha value is -3.48. The van der Waals surface area contributed by atoms with Crippen molar-refractivity contribution in [3.63, 3.8) is 0 Å². The number of aliphatic imine (C=N–C) groups is 1. The van der Waals surface area contributed by atoms with E-state index in [9.17, 15) is 4.39 Å². The Kier molecular flexibility index (Phi) is 8.34. The second kappa shape index (κ2) is 11.5. The minimum absolute atomic E-state index is 0.0798. The zero-order valence-electron chi connectivity index (χ0n) is 23.0. The summed E-state index contributed by atoms with van der Waals surface area (Å²) in [5.41, 5.74) is 4.53. The predicted molar refractivity (Wildman–Crippen MR) is 157 cm³/mol. The van der Waals surface area contributed by atoms with Gasteiger partial charge in [-0.25, -0.2) is 8.78 Å². The van der Waals surface area contributed by atoms with Crippen LogP contribution in [0.1, 0.15) is 50.3 Å². The Bertz CT molecular complexity index is 1430. The highest BCUT2D eigenvalue weighted by molar-refractivity contribution is 6.70. The summed E-state index contributed by atoms with van der Waals surface area (Å²) in [6.45, 7) is 18.6. The van der Waals surface area contributed by atoms with E-state index < -0.39 is 0 Å². The first-order valence-electron chi connectivity index (χ1n) is 13.4. The number of fused-ring (bicyclic) bond motifs is 1. The van der Waals surface area contributed by atoms with Gasteiger partial charge in [0.25, 0.3) is 0 Å². The highest BCUT2D eigenvalue weighted by atomic mass is 19.1. The van der Waals surface area contributed by atoms with Crippen molar-refractivity contribution in [1.82, 2.24) is 5.32 Å². The first-order valence-corrected chi connectivity index (χ1v) is 13.4. The second-order valence-corrected chi connectivity index (χ2v) is 10.6. The fourth-order valence-corrected chi connectivity index (χ4v) is 5.56. The van der Waals surface area contributed by atoms with Crippen LogP contribution in [0, 0.1) is 17.0 Å². The van der Waals surface area contributed by atoms with Gasteiger partial charge in [0.1, 0.15) is 11.6 Å². The van der Waals surface area contributed by atoms with Gasteiger partial charge in [-0.3, -0.25) is 4.99 Å². The molecular formula is C31H37BF2N4. The smallest absolute Gasteiger partial charge is 0.302 e. The van der Waals surface area contributed by atoms with E-state index in [1.165, 1.54) is 6.07 Å². The minimum atomic E-state index is -0.343. The van der Waals surface area contributed by atoms with Gasteiger partial charge in [-0.1, -0.05) is 51.9 Å². The van der Waals surface area contributed by atoms with Crippen LogP contribution >= 0.6 is 0 Å². The standard InChI is InChI=1S/C31H37BF2N4/c1-7-23-10-9-11-26(33)28(23)22(4)36-15-12-21(3)24-18-27(34)29-25(19-32(6)37-29)30(24)38-17-14-31(5,20-38)13-16-35-8-2/h8-12,15,18-19,35H,2-3,7,13-14,16-17,20H2,1,4-6H3/b15-12-,36-22+. The summed E-state index contributed by atoms with van der Waals surface area (Å²) in [6, 6.07) is 6.64. The van der Waals surface area contributed by atoms with Gasteiger partial charge in [0.15, 0.2) is 0 Å². The average Bonchev–Trinajstić information content (AvgIpc) is 3.46. The van der Waals surface area contributed by atoms with E-state index in [2.05, 4.69) is 40.2 Å². The number of hydrogen-bond acceptors (Lipinski definition) is 4. The molecule has 198 valence electrons. The van der Waals surface area contributed by atoms with Crippen LogP contribution in [0.3, 0.4) is 0 Å². The van der Waals surface area contributed by atoms with Crippen molar-refractivity contribution in [1.29, 1.82) is 0 Å². The summed E-state index contributed by atoms with van der Waals surface area (Å²) in [4.78, 5) is 11.4. The Morgan fingerprint density at radius 1 is 1.32 bits per heavy atom. The number of allylic oxidation sites excluding steroid dienone is 2. The van der Waals surface area contributed by atoms with E-state index in [-0.39, 0.29) is 23.9 Å². The van der Waals surface area contributed by atoms with E-state index in [4.69, 9.17) is 0 Å². The van der Waals surface area contributed by atoms with Gasteiger partial charge in [0.05, 0.1) is 11.0 Å². The van der Waals surface area contributed by atoms with Crippen LogP contribution in [0.25, 0.3) is 11.5 Å². The van der Waals surface area contributed by atoms with Crippen molar-refractivity contribution in [2.24, 2.45) is 15.3 Å². The van der Waals surface area contributed by atoms with Crippen molar-refractivity contribution >= 4 is 29.8 Å². The molecule has 4 rings (SSSR count). The summed E-state index contributed by atoms with van der Waals surface area (Å²) in [6.07, 6.45) is 7.91. The van der Waals surface area contributed by atoms with E-state index >= 15 is 4.39 Å². The first-order chi connectivity index (χ1) is 18.2. The van der Waals surface area contributed by atoms with Gasteiger partial charge in [-0.15, -0.1) is 0 Å². The molecule has 1 atom stereocenters. The molecule has 2 aromatic carbocycles. The minimum Gasteiger partial charge on any atom is -0.391 e. The highest BCUT2D eigenvalue weighted by Gasteiger charge is 2.35. The molecule has 0 bridgehead atoms. The molecule has 0 amide bonds. The van der Waals surface area contributed by atoms with Crippen LogP contribution in [0.4, 0.5) is 14.5 Å². The molecule has 4 nitrogen and oxygen atoms in total. The molecule has 1 fully saturated rings. The predicted octanol–water partition coefficient (Wildman–Crippen LogP) is 5.48. The van der Waals surface area contributed by atoms with Crippen LogP contribution in [0.5, 0.6) is 0 Å². The van der Waals surface area contributed by atoms with E-state index in [0.29, 0.717) is 28.6 Å². The molecule has 38 heavy (non-hydrogen) atoms. The SMILES string of the molecule is C=CNCCC1(C)CCN(c2c(C(=C)/C=C\N=C(/C)c3c(F)cccc3CC)cc(F)c3c2=CB(C)N=3)C1.